The Morgan fingerprint density at radius 3 is 2.63 bits per heavy atom. The molecule has 1 saturated heterocycles. The highest BCUT2D eigenvalue weighted by Crippen LogP contribution is 2.68. The number of rotatable bonds is 9. The Hall–Kier alpha value is -2.12. The number of aliphatic hydroxyl groups excluding tert-OH is 1. The van der Waals surface area contributed by atoms with Crippen LogP contribution in [-0.4, -0.2) is 68.8 Å². The number of ether oxygens (including phenoxy) is 4. The average molecular weight is 520 g/mol. The summed E-state index contributed by atoms with van der Waals surface area (Å²) in [4.78, 5) is 2.76. The van der Waals surface area contributed by atoms with Gasteiger partial charge in [0.15, 0.2) is 11.5 Å². The molecule has 0 radical (unpaired) electrons. The summed E-state index contributed by atoms with van der Waals surface area (Å²) in [5.41, 5.74) is 3.28. The van der Waals surface area contributed by atoms with Crippen molar-refractivity contribution in [2.75, 3.05) is 40.5 Å². The molecule has 2 aliphatic heterocycles. The number of nitrogens with zero attached hydrogens (tertiary/aromatic N) is 1. The van der Waals surface area contributed by atoms with Crippen LogP contribution in [0, 0.1) is 23.2 Å². The van der Waals surface area contributed by atoms with Crippen molar-refractivity contribution in [1.29, 1.82) is 0 Å². The third-order valence-electron chi connectivity index (χ3n) is 10.7. The van der Waals surface area contributed by atoms with Crippen molar-refractivity contribution in [2.24, 2.45) is 23.2 Å². The van der Waals surface area contributed by atoms with Crippen LogP contribution in [0.4, 0.5) is 0 Å². The summed E-state index contributed by atoms with van der Waals surface area (Å²) in [5.74, 6) is 2.84. The maximum atomic E-state index is 11.2. The lowest BCUT2D eigenvalue weighted by Gasteiger charge is -2.66. The summed E-state index contributed by atoms with van der Waals surface area (Å²) < 4.78 is 25.6. The quantitative estimate of drug-likeness (QED) is 0.536. The first-order chi connectivity index (χ1) is 18.5. The topological polar surface area (TPSA) is 60.4 Å². The van der Waals surface area contributed by atoms with Crippen molar-refractivity contribution in [2.45, 2.75) is 62.9 Å². The van der Waals surface area contributed by atoms with E-state index in [-0.39, 0.29) is 36.1 Å². The standard InChI is InChI=1S/C32H41NO5/c1-31(19-37-18-21-7-5-4-6-8-21)23(17-34)27-24-15-22-11-12-25(35-2)28-26(22)32(27,30(38-28)29(31)36-3)13-14-33(24)16-20-9-10-20/h4-8,11-12,20,23-24,27,29-30,34H,9-10,13-19H2,1-3H3. The maximum absolute atomic E-state index is 11.2. The Bertz CT molecular complexity index is 1180. The molecular formula is C32H41NO5. The molecule has 2 aromatic rings. The predicted octanol–water partition coefficient (Wildman–Crippen LogP) is 4.21. The van der Waals surface area contributed by atoms with E-state index in [4.69, 9.17) is 18.9 Å². The van der Waals surface area contributed by atoms with Gasteiger partial charge in [0.2, 0.25) is 0 Å². The van der Waals surface area contributed by atoms with Crippen LogP contribution in [0.3, 0.4) is 0 Å². The van der Waals surface area contributed by atoms with Crippen molar-refractivity contribution in [1.82, 2.24) is 4.90 Å². The molecule has 38 heavy (non-hydrogen) atoms. The zero-order valence-electron chi connectivity index (χ0n) is 22.9. The lowest BCUT2D eigenvalue weighted by atomic mass is 9.43. The van der Waals surface area contributed by atoms with E-state index in [0.29, 0.717) is 19.3 Å². The molecule has 7 rings (SSSR count). The van der Waals surface area contributed by atoms with Gasteiger partial charge in [-0.05, 0) is 67.2 Å². The number of benzene rings is 2. The van der Waals surface area contributed by atoms with Crippen LogP contribution in [-0.2, 0) is 27.9 Å². The number of aliphatic hydroxyl groups is 1. The first-order valence-corrected chi connectivity index (χ1v) is 14.4. The van der Waals surface area contributed by atoms with Gasteiger partial charge in [-0.2, -0.15) is 0 Å². The van der Waals surface area contributed by atoms with E-state index >= 15 is 0 Å². The van der Waals surface area contributed by atoms with E-state index < -0.39 is 5.41 Å². The molecule has 0 aromatic heterocycles. The molecule has 2 aromatic carbocycles. The normalized spacial score (nSPS) is 37.0. The fourth-order valence-corrected chi connectivity index (χ4v) is 8.93. The molecule has 6 heteroatoms. The Kier molecular flexibility index (Phi) is 6.04. The van der Waals surface area contributed by atoms with E-state index in [1.54, 1.807) is 14.2 Å². The van der Waals surface area contributed by atoms with Crippen LogP contribution in [0.15, 0.2) is 42.5 Å². The number of hydrogen-bond donors (Lipinski definition) is 1. The maximum Gasteiger partial charge on any atom is 0.165 e. The molecule has 6 nitrogen and oxygen atoms in total. The van der Waals surface area contributed by atoms with Gasteiger partial charge < -0.3 is 24.1 Å². The van der Waals surface area contributed by atoms with Crippen molar-refractivity contribution in [3.05, 3.63) is 59.2 Å². The minimum absolute atomic E-state index is 0.0281. The highest BCUT2D eigenvalue weighted by molar-refractivity contribution is 5.61. The molecule has 3 aliphatic carbocycles. The van der Waals surface area contributed by atoms with Crippen LogP contribution in [0.25, 0.3) is 0 Å². The zero-order chi connectivity index (χ0) is 26.1. The van der Waals surface area contributed by atoms with E-state index in [0.717, 1.165) is 42.4 Å². The molecule has 3 fully saturated rings. The third-order valence-corrected chi connectivity index (χ3v) is 10.7. The van der Waals surface area contributed by atoms with Crippen molar-refractivity contribution in [3.8, 4) is 11.5 Å². The zero-order valence-corrected chi connectivity index (χ0v) is 22.9. The summed E-state index contributed by atoms with van der Waals surface area (Å²) in [5, 5.41) is 11.2. The van der Waals surface area contributed by atoms with E-state index in [1.807, 2.05) is 18.2 Å². The van der Waals surface area contributed by atoms with Gasteiger partial charge in [-0.25, -0.2) is 0 Å². The summed E-state index contributed by atoms with van der Waals surface area (Å²) >= 11 is 0. The minimum Gasteiger partial charge on any atom is -0.493 e. The Morgan fingerprint density at radius 1 is 1.11 bits per heavy atom. The largest absolute Gasteiger partial charge is 0.493 e. The van der Waals surface area contributed by atoms with Gasteiger partial charge in [-0.15, -0.1) is 0 Å². The Labute approximate surface area is 226 Å². The molecule has 1 N–H and O–H groups in total. The second-order valence-corrected chi connectivity index (χ2v) is 12.6. The first kappa shape index (κ1) is 24.9. The first-order valence-electron chi connectivity index (χ1n) is 14.4. The summed E-state index contributed by atoms with van der Waals surface area (Å²) in [6.07, 6.45) is 4.37. The van der Waals surface area contributed by atoms with Gasteiger partial charge in [-0.3, -0.25) is 4.90 Å². The van der Waals surface area contributed by atoms with Crippen LogP contribution < -0.4 is 9.47 Å². The molecule has 7 atom stereocenters. The van der Waals surface area contributed by atoms with Crippen LogP contribution in [0.5, 0.6) is 11.5 Å². The molecule has 0 amide bonds. The van der Waals surface area contributed by atoms with Gasteiger partial charge in [0.25, 0.3) is 0 Å². The van der Waals surface area contributed by atoms with Crippen LogP contribution >= 0.6 is 0 Å². The molecular weight excluding hydrogens is 478 g/mol. The SMILES string of the molecule is COc1ccc2c3c1OC1C(OC)C(C)(COCc4ccccc4)C(CO)C4C(C2)N(CC2CC2)CCC314. The highest BCUT2D eigenvalue weighted by Gasteiger charge is 2.73. The predicted molar refractivity (Wildman–Crippen MR) is 145 cm³/mol. The van der Waals surface area contributed by atoms with Gasteiger partial charge in [-0.1, -0.05) is 43.3 Å². The fraction of sp³-hybridized carbons (Fsp3) is 0.625. The van der Waals surface area contributed by atoms with E-state index in [9.17, 15) is 5.11 Å². The van der Waals surface area contributed by atoms with E-state index in [1.165, 1.54) is 30.5 Å². The highest BCUT2D eigenvalue weighted by atomic mass is 16.6. The van der Waals surface area contributed by atoms with E-state index in [2.05, 4.69) is 36.1 Å². The Balaban J connectivity index is 1.32. The van der Waals surface area contributed by atoms with Gasteiger partial charge in [0.1, 0.15) is 12.2 Å². The van der Waals surface area contributed by atoms with Gasteiger partial charge >= 0.3 is 0 Å². The molecule has 204 valence electrons. The van der Waals surface area contributed by atoms with Crippen molar-refractivity contribution >= 4 is 0 Å². The number of piperidine rings is 1. The monoisotopic (exact) mass is 519 g/mol. The Morgan fingerprint density at radius 2 is 1.92 bits per heavy atom. The van der Waals surface area contributed by atoms with Crippen LogP contribution in [0.2, 0.25) is 0 Å². The van der Waals surface area contributed by atoms with Gasteiger partial charge in [0, 0.05) is 42.7 Å². The molecule has 5 aliphatic rings. The molecule has 2 bridgehead atoms. The molecule has 2 heterocycles. The second kappa shape index (κ2) is 9.22. The summed E-state index contributed by atoms with van der Waals surface area (Å²) in [7, 11) is 3.53. The van der Waals surface area contributed by atoms with Gasteiger partial charge in [0.05, 0.1) is 20.3 Å². The second-order valence-electron chi connectivity index (χ2n) is 12.6. The minimum atomic E-state index is -0.412. The summed E-state index contributed by atoms with van der Waals surface area (Å²) in [6.45, 7) is 5.68. The van der Waals surface area contributed by atoms with Crippen LogP contribution in [0.1, 0.15) is 42.9 Å². The number of likely N-dealkylation sites (tertiary alicyclic amines) is 1. The smallest absolute Gasteiger partial charge is 0.165 e. The molecule has 2 saturated carbocycles. The number of hydrogen-bond acceptors (Lipinski definition) is 6. The van der Waals surface area contributed by atoms with Crippen molar-refractivity contribution in [3.63, 3.8) is 0 Å². The lowest BCUT2D eigenvalue weighted by Crippen LogP contribution is -2.75. The lowest BCUT2D eigenvalue weighted by molar-refractivity contribution is -0.227. The summed E-state index contributed by atoms with van der Waals surface area (Å²) in [6, 6.07) is 15.0. The fourth-order valence-electron chi connectivity index (χ4n) is 8.93. The molecule has 7 unspecified atom stereocenters. The average Bonchev–Trinajstić information content (AvgIpc) is 3.69. The van der Waals surface area contributed by atoms with Crippen molar-refractivity contribution < 1.29 is 24.1 Å². The molecule has 1 spiro atoms. The number of methoxy groups -OCH3 is 2. The third kappa shape index (κ3) is 3.46.